The molecule has 1 amide bonds. The Balaban J connectivity index is 1.76. The predicted octanol–water partition coefficient (Wildman–Crippen LogP) is 0.598. The van der Waals surface area contributed by atoms with Gasteiger partial charge in [-0.3, -0.25) is 9.80 Å². The van der Waals surface area contributed by atoms with Crippen molar-refractivity contribution in [3.8, 4) is 0 Å². The first-order valence-corrected chi connectivity index (χ1v) is 6.10. The molecular weight excluding hydrogens is 190 g/mol. The van der Waals surface area contributed by atoms with Crippen LogP contribution in [0.1, 0.15) is 32.6 Å². The minimum atomic E-state index is 0.289. The SMILES string of the molecule is CCN1C(=O)CCN1CCC1CCCN1. The summed E-state index contributed by atoms with van der Waals surface area (Å²) in [4.78, 5) is 11.5. The number of hydrogen-bond acceptors (Lipinski definition) is 3. The lowest BCUT2D eigenvalue weighted by Gasteiger charge is -2.27. The van der Waals surface area contributed by atoms with Crippen molar-refractivity contribution in [2.45, 2.75) is 38.6 Å². The maximum absolute atomic E-state index is 11.5. The van der Waals surface area contributed by atoms with Crippen LogP contribution in [-0.4, -0.2) is 48.1 Å². The van der Waals surface area contributed by atoms with Crippen LogP contribution in [0.2, 0.25) is 0 Å². The number of carbonyl (C=O) groups is 1. The lowest BCUT2D eigenvalue weighted by molar-refractivity contribution is -0.137. The number of nitrogens with one attached hydrogen (secondary N) is 1. The van der Waals surface area contributed by atoms with E-state index in [2.05, 4.69) is 10.3 Å². The van der Waals surface area contributed by atoms with Crippen LogP contribution in [0.4, 0.5) is 0 Å². The van der Waals surface area contributed by atoms with Crippen LogP contribution < -0.4 is 5.32 Å². The van der Waals surface area contributed by atoms with Crippen LogP contribution >= 0.6 is 0 Å². The fourth-order valence-corrected chi connectivity index (χ4v) is 2.55. The van der Waals surface area contributed by atoms with Gasteiger partial charge in [-0.15, -0.1) is 0 Å². The highest BCUT2D eigenvalue weighted by atomic mass is 16.2. The van der Waals surface area contributed by atoms with E-state index in [1.165, 1.54) is 25.8 Å². The number of rotatable bonds is 4. The number of hydrogen-bond donors (Lipinski definition) is 1. The molecule has 0 aromatic rings. The van der Waals surface area contributed by atoms with Gasteiger partial charge in [0.15, 0.2) is 0 Å². The summed E-state index contributed by atoms with van der Waals surface area (Å²) in [6, 6.07) is 0.680. The van der Waals surface area contributed by atoms with E-state index in [-0.39, 0.29) is 5.91 Å². The number of carbonyl (C=O) groups excluding carboxylic acids is 1. The van der Waals surface area contributed by atoms with Crippen molar-refractivity contribution >= 4 is 5.91 Å². The van der Waals surface area contributed by atoms with Crippen molar-refractivity contribution in [3.05, 3.63) is 0 Å². The second kappa shape index (κ2) is 4.94. The minimum absolute atomic E-state index is 0.289. The highest BCUT2D eigenvalue weighted by Crippen LogP contribution is 2.15. The summed E-state index contributed by atoms with van der Waals surface area (Å²) in [7, 11) is 0. The summed E-state index contributed by atoms with van der Waals surface area (Å²) < 4.78 is 0. The van der Waals surface area contributed by atoms with E-state index < -0.39 is 0 Å². The molecule has 86 valence electrons. The van der Waals surface area contributed by atoms with E-state index in [4.69, 9.17) is 0 Å². The van der Waals surface area contributed by atoms with E-state index in [9.17, 15) is 4.79 Å². The molecule has 2 aliphatic heterocycles. The van der Waals surface area contributed by atoms with Crippen LogP contribution in [-0.2, 0) is 4.79 Å². The molecule has 1 N–H and O–H groups in total. The van der Waals surface area contributed by atoms with Crippen molar-refractivity contribution in [3.63, 3.8) is 0 Å². The third-order valence-electron chi connectivity index (χ3n) is 3.41. The molecule has 0 bridgehead atoms. The average molecular weight is 211 g/mol. The molecule has 2 rings (SSSR count). The summed E-state index contributed by atoms with van der Waals surface area (Å²) in [6.45, 7) is 5.97. The van der Waals surface area contributed by atoms with E-state index in [1.54, 1.807) is 0 Å². The Morgan fingerprint density at radius 2 is 2.40 bits per heavy atom. The highest BCUT2D eigenvalue weighted by molar-refractivity contribution is 5.77. The second-order valence-electron chi connectivity index (χ2n) is 4.40. The lowest BCUT2D eigenvalue weighted by atomic mass is 10.1. The van der Waals surface area contributed by atoms with Crippen LogP contribution in [0.15, 0.2) is 0 Å². The first-order chi connectivity index (χ1) is 7.31. The molecule has 2 saturated heterocycles. The van der Waals surface area contributed by atoms with Crippen LogP contribution in [0, 0.1) is 0 Å². The standard InChI is InChI=1S/C11H21N3O/c1-2-14-11(15)6-9-13(14)8-5-10-4-3-7-12-10/h10,12H,2-9H2,1H3. The molecule has 1 unspecified atom stereocenters. The van der Waals surface area contributed by atoms with Crippen molar-refractivity contribution in [1.29, 1.82) is 0 Å². The summed E-state index contributed by atoms with van der Waals surface area (Å²) in [5, 5.41) is 7.60. The summed E-state index contributed by atoms with van der Waals surface area (Å²) >= 11 is 0. The lowest BCUT2D eigenvalue weighted by Crippen LogP contribution is -2.41. The van der Waals surface area contributed by atoms with Crippen LogP contribution in [0.3, 0.4) is 0 Å². The quantitative estimate of drug-likeness (QED) is 0.739. The molecule has 4 heteroatoms. The zero-order valence-electron chi connectivity index (χ0n) is 9.54. The highest BCUT2D eigenvalue weighted by Gasteiger charge is 2.27. The van der Waals surface area contributed by atoms with Gasteiger partial charge in [0.2, 0.25) is 5.91 Å². The van der Waals surface area contributed by atoms with E-state index >= 15 is 0 Å². The predicted molar refractivity (Wildman–Crippen MR) is 59.2 cm³/mol. The van der Waals surface area contributed by atoms with Gasteiger partial charge in [-0.2, -0.15) is 0 Å². The molecule has 0 aromatic heterocycles. The topological polar surface area (TPSA) is 35.6 Å². The Kier molecular flexibility index (Phi) is 3.59. The second-order valence-corrected chi connectivity index (χ2v) is 4.40. The first kappa shape index (κ1) is 10.9. The Bertz CT molecular complexity index is 226. The molecule has 0 saturated carbocycles. The van der Waals surface area contributed by atoms with Crippen molar-refractivity contribution < 1.29 is 4.79 Å². The Morgan fingerprint density at radius 1 is 1.53 bits per heavy atom. The van der Waals surface area contributed by atoms with Gasteiger partial charge in [0.25, 0.3) is 0 Å². The van der Waals surface area contributed by atoms with Crippen molar-refractivity contribution in [2.75, 3.05) is 26.2 Å². The van der Waals surface area contributed by atoms with Gasteiger partial charge >= 0.3 is 0 Å². The van der Waals surface area contributed by atoms with Gasteiger partial charge in [-0.1, -0.05) is 0 Å². The molecule has 4 nitrogen and oxygen atoms in total. The molecule has 0 aromatic carbocycles. The maximum atomic E-state index is 11.5. The average Bonchev–Trinajstić information content (AvgIpc) is 2.84. The van der Waals surface area contributed by atoms with Gasteiger partial charge < -0.3 is 5.32 Å². The molecular formula is C11H21N3O. The number of nitrogens with zero attached hydrogens (tertiary/aromatic N) is 2. The van der Waals surface area contributed by atoms with Gasteiger partial charge in [0.05, 0.1) is 0 Å². The molecule has 0 radical (unpaired) electrons. The maximum Gasteiger partial charge on any atom is 0.238 e. The van der Waals surface area contributed by atoms with Gasteiger partial charge in [-0.05, 0) is 32.7 Å². The largest absolute Gasteiger partial charge is 0.314 e. The van der Waals surface area contributed by atoms with E-state index in [0.717, 1.165) is 19.6 Å². The monoisotopic (exact) mass is 211 g/mol. The van der Waals surface area contributed by atoms with Crippen molar-refractivity contribution in [2.24, 2.45) is 0 Å². The summed E-state index contributed by atoms with van der Waals surface area (Å²) in [5.41, 5.74) is 0. The summed E-state index contributed by atoms with van der Waals surface area (Å²) in [5.74, 6) is 0.289. The Hall–Kier alpha value is -0.610. The molecule has 2 heterocycles. The van der Waals surface area contributed by atoms with Crippen molar-refractivity contribution in [1.82, 2.24) is 15.3 Å². The Labute approximate surface area is 91.6 Å². The molecule has 15 heavy (non-hydrogen) atoms. The molecule has 0 spiro atoms. The summed E-state index contributed by atoms with van der Waals surface area (Å²) in [6.07, 6.45) is 4.48. The van der Waals surface area contributed by atoms with Crippen LogP contribution in [0.5, 0.6) is 0 Å². The first-order valence-electron chi connectivity index (χ1n) is 6.10. The fraction of sp³-hybridized carbons (Fsp3) is 0.909. The smallest absolute Gasteiger partial charge is 0.238 e. The molecule has 2 fully saturated rings. The van der Waals surface area contributed by atoms with Crippen LogP contribution in [0.25, 0.3) is 0 Å². The Morgan fingerprint density at radius 3 is 3.07 bits per heavy atom. The fourth-order valence-electron chi connectivity index (χ4n) is 2.55. The molecule has 0 aliphatic carbocycles. The third kappa shape index (κ3) is 2.49. The van der Waals surface area contributed by atoms with Gasteiger partial charge in [0, 0.05) is 32.1 Å². The zero-order valence-corrected chi connectivity index (χ0v) is 9.54. The number of amides is 1. The zero-order chi connectivity index (χ0) is 10.7. The van der Waals surface area contributed by atoms with Gasteiger partial charge in [-0.25, -0.2) is 5.01 Å². The molecule has 2 aliphatic rings. The normalized spacial score (nSPS) is 27.9. The third-order valence-corrected chi connectivity index (χ3v) is 3.41. The molecule has 1 atom stereocenters. The van der Waals surface area contributed by atoms with E-state index in [1.807, 2.05) is 11.9 Å². The van der Waals surface area contributed by atoms with Gasteiger partial charge in [0.1, 0.15) is 0 Å². The number of hydrazine groups is 1. The minimum Gasteiger partial charge on any atom is -0.314 e. The van der Waals surface area contributed by atoms with E-state index in [0.29, 0.717) is 12.5 Å².